The van der Waals surface area contributed by atoms with Crippen LogP contribution in [0.25, 0.3) is 11.5 Å². The van der Waals surface area contributed by atoms with E-state index in [0.29, 0.717) is 11.8 Å². The minimum absolute atomic E-state index is 0.0635. The molecular formula is C12H15N3O2. The second-order valence-electron chi connectivity index (χ2n) is 3.75. The fraction of sp³-hybridized carbons (Fsp3) is 0.333. The van der Waals surface area contributed by atoms with Gasteiger partial charge in [0.25, 0.3) is 0 Å². The van der Waals surface area contributed by atoms with E-state index in [1.54, 1.807) is 18.2 Å². The standard InChI is InChI=1S/C12H15N3O2/c1-3-10(13-2)12-15-14-11(17-12)8-5-4-6-9(16)7-8/h4-7,10,13,16H,3H2,1-2H3. The molecule has 0 amide bonds. The summed E-state index contributed by atoms with van der Waals surface area (Å²) in [5.74, 6) is 1.17. The van der Waals surface area contributed by atoms with Gasteiger partial charge in [-0.1, -0.05) is 13.0 Å². The summed E-state index contributed by atoms with van der Waals surface area (Å²) in [6, 6.07) is 6.82. The third-order valence-corrected chi connectivity index (χ3v) is 2.59. The number of benzene rings is 1. The molecule has 1 unspecified atom stereocenters. The maximum absolute atomic E-state index is 9.38. The molecule has 2 aromatic rings. The first kappa shape index (κ1) is 11.6. The van der Waals surface area contributed by atoms with Crippen molar-refractivity contribution in [1.29, 1.82) is 0 Å². The van der Waals surface area contributed by atoms with E-state index in [-0.39, 0.29) is 11.8 Å². The zero-order chi connectivity index (χ0) is 12.3. The van der Waals surface area contributed by atoms with E-state index in [0.717, 1.165) is 12.0 Å². The summed E-state index contributed by atoms with van der Waals surface area (Å²) in [5, 5.41) is 20.5. The number of hydrogen-bond acceptors (Lipinski definition) is 5. The summed E-state index contributed by atoms with van der Waals surface area (Å²) in [5.41, 5.74) is 0.717. The summed E-state index contributed by atoms with van der Waals surface area (Å²) in [6.07, 6.45) is 0.873. The van der Waals surface area contributed by atoms with Gasteiger partial charge in [0.2, 0.25) is 11.8 Å². The van der Waals surface area contributed by atoms with Crippen LogP contribution in [-0.2, 0) is 0 Å². The highest BCUT2D eigenvalue weighted by atomic mass is 16.4. The Morgan fingerprint density at radius 2 is 2.24 bits per heavy atom. The Morgan fingerprint density at radius 1 is 1.41 bits per heavy atom. The monoisotopic (exact) mass is 233 g/mol. The Kier molecular flexibility index (Phi) is 3.39. The second-order valence-corrected chi connectivity index (χ2v) is 3.75. The molecule has 0 fully saturated rings. The molecule has 0 radical (unpaired) electrons. The molecule has 0 saturated carbocycles. The summed E-state index contributed by atoms with van der Waals surface area (Å²) in [4.78, 5) is 0. The number of rotatable bonds is 4. The van der Waals surface area contributed by atoms with E-state index < -0.39 is 0 Å². The Hall–Kier alpha value is -1.88. The minimum atomic E-state index is 0.0635. The number of phenols is 1. The van der Waals surface area contributed by atoms with Crippen molar-refractivity contribution in [3.05, 3.63) is 30.2 Å². The lowest BCUT2D eigenvalue weighted by atomic mass is 10.2. The molecule has 0 spiro atoms. The molecule has 5 nitrogen and oxygen atoms in total. The fourth-order valence-corrected chi connectivity index (χ4v) is 1.63. The van der Waals surface area contributed by atoms with Gasteiger partial charge in [0.15, 0.2) is 0 Å². The van der Waals surface area contributed by atoms with Gasteiger partial charge in [-0.3, -0.25) is 0 Å². The van der Waals surface area contributed by atoms with Crippen LogP contribution in [0.4, 0.5) is 0 Å². The van der Waals surface area contributed by atoms with Gasteiger partial charge in [-0.25, -0.2) is 0 Å². The van der Waals surface area contributed by atoms with Gasteiger partial charge >= 0.3 is 0 Å². The van der Waals surface area contributed by atoms with Gasteiger partial charge in [-0.05, 0) is 31.7 Å². The lowest BCUT2D eigenvalue weighted by molar-refractivity contribution is 0.415. The molecular weight excluding hydrogens is 218 g/mol. The molecule has 0 bridgehead atoms. The highest BCUT2D eigenvalue weighted by molar-refractivity contribution is 5.55. The van der Waals surface area contributed by atoms with Crippen LogP contribution in [0.15, 0.2) is 28.7 Å². The van der Waals surface area contributed by atoms with Crippen molar-refractivity contribution < 1.29 is 9.52 Å². The molecule has 90 valence electrons. The van der Waals surface area contributed by atoms with E-state index in [1.807, 2.05) is 20.0 Å². The zero-order valence-corrected chi connectivity index (χ0v) is 9.84. The molecule has 5 heteroatoms. The molecule has 2 rings (SSSR count). The van der Waals surface area contributed by atoms with E-state index in [9.17, 15) is 5.11 Å². The highest BCUT2D eigenvalue weighted by Crippen LogP contribution is 2.24. The fourth-order valence-electron chi connectivity index (χ4n) is 1.63. The molecule has 17 heavy (non-hydrogen) atoms. The second kappa shape index (κ2) is 4.97. The van der Waals surface area contributed by atoms with Gasteiger partial charge in [-0.15, -0.1) is 10.2 Å². The van der Waals surface area contributed by atoms with Crippen LogP contribution in [0, 0.1) is 0 Å². The van der Waals surface area contributed by atoms with Gasteiger partial charge in [0.05, 0.1) is 6.04 Å². The predicted molar refractivity (Wildman–Crippen MR) is 63.5 cm³/mol. The molecule has 0 aliphatic rings. The summed E-state index contributed by atoms with van der Waals surface area (Å²) in [6.45, 7) is 2.04. The first-order valence-electron chi connectivity index (χ1n) is 5.54. The van der Waals surface area contributed by atoms with Crippen LogP contribution in [0.3, 0.4) is 0 Å². The van der Waals surface area contributed by atoms with Gasteiger partial charge < -0.3 is 14.8 Å². The van der Waals surface area contributed by atoms with Crippen LogP contribution in [0.5, 0.6) is 5.75 Å². The van der Waals surface area contributed by atoms with E-state index in [2.05, 4.69) is 15.5 Å². The minimum Gasteiger partial charge on any atom is -0.508 e. The maximum Gasteiger partial charge on any atom is 0.247 e. The van der Waals surface area contributed by atoms with Crippen molar-refractivity contribution in [3.8, 4) is 17.2 Å². The van der Waals surface area contributed by atoms with Crippen molar-refractivity contribution in [1.82, 2.24) is 15.5 Å². The molecule has 1 aromatic heterocycles. The highest BCUT2D eigenvalue weighted by Gasteiger charge is 2.15. The van der Waals surface area contributed by atoms with E-state index >= 15 is 0 Å². The van der Waals surface area contributed by atoms with E-state index in [1.165, 1.54) is 0 Å². The number of nitrogens with one attached hydrogen (secondary N) is 1. The quantitative estimate of drug-likeness (QED) is 0.846. The Balaban J connectivity index is 2.29. The van der Waals surface area contributed by atoms with Crippen LogP contribution in [0.2, 0.25) is 0 Å². The molecule has 0 aliphatic heterocycles. The average molecular weight is 233 g/mol. The number of hydrogen-bond donors (Lipinski definition) is 2. The first-order valence-corrected chi connectivity index (χ1v) is 5.54. The average Bonchev–Trinajstić information content (AvgIpc) is 2.80. The third kappa shape index (κ3) is 2.45. The number of aromatic nitrogens is 2. The first-order chi connectivity index (χ1) is 8.24. The van der Waals surface area contributed by atoms with Gasteiger partial charge in [0, 0.05) is 5.56 Å². The largest absolute Gasteiger partial charge is 0.508 e. The summed E-state index contributed by atoms with van der Waals surface area (Å²) >= 11 is 0. The Morgan fingerprint density at radius 3 is 2.88 bits per heavy atom. The third-order valence-electron chi connectivity index (χ3n) is 2.59. The predicted octanol–water partition coefficient (Wildman–Crippen LogP) is 2.11. The SMILES string of the molecule is CCC(NC)c1nnc(-c2cccc(O)c2)o1. The van der Waals surface area contributed by atoms with Crippen molar-refractivity contribution >= 4 is 0 Å². The molecule has 2 N–H and O–H groups in total. The maximum atomic E-state index is 9.38. The smallest absolute Gasteiger partial charge is 0.247 e. The molecule has 1 atom stereocenters. The molecule has 0 aliphatic carbocycles. The molecule has 0 saturated heterocycles. The van der Waals surface area contributed by atoms with Crippen molar-refractivity contribution in [2.45, 2.75) is 19.4 Å². The molecule has 1 aromatic carbocycles. The summed E-state index contributed by atoms with van der Waals surface area (Å²) in [7, 11) is 1.85. The van der Waals surface area contributed by atoms with E-state index in [4.69, 9.17) is 4.42 Å². The Bertz CT molecular complexity index is 492. The van der Waals surface area contributed by atoms with Gasteiger partial charge in [0.1, 0.15) is 5.75 Å². The Labute approximate surface area is 99.5 Å². The zero-order valence-electron chi connectivity index (χ0n) is 9.84. The van der Waals surface area contributed by atoms with Crippen LogP contribution in [-0.4, -0.2) is 22.4 Å². The van der Waals surface area contributed by atoms with Crippen LogP contribution >= 0.6 is 0 Å². The summed E-state index contributed by atoms with van der Waals surface area (Å²) < 4.78 is 5.57. The number of nitrogens with zero attached hydrogens (tertiary/aromatic N) is 2. The lowest BCUT2D eigenvalue weighted by Gasteiger charge is -2.07. The van der Waals surface area contributed by atoms with Crippen molar-refractivity contribution in [2.24, 2.45) is 0 Å². The van der Waals surface area contributed by atoms with Crippen molar-refractivity contribution in [3.63, 3.8) is 0 Å². The van der Waals surface area contributed by atoms with Gasteiger partial charge in [-0.2, -0.15) is 0 Å². The molecule has 1 heterocycles. The number of aromatic hydroxyl groups is 1. The van der Waals surface area contributed by atoms with Crippen molar-refractivity contribution in [2.75, 3.05) is 7.05 Å². The topological polar surface area (TPSA) is 71.2 Å². The van der Waals surface area contributed by atoms with Crippen LogP contribution in [0.1, 0.15) is 25.3 Å². The van der Waals surface area contributed by atoms with Crippen LogP contribution < -0.4 is 5.32 Å². The normalized spacial score (nSPS) is 12.6. The number of phenolic OH excluding ortho intramolecular Hbond substituents is 1. The lowest BCUT2D eigenvalue weighted by Crippen LogP contribution is -2.15.